The normalized spacial score (nSPS) is 19.8. The number of thiophene rings is 1. The Bertz CT molecular complexity index is 732. The lowest BCUT2D eigenvalue weighted by molar-refractivity contribution is -0.146. The van der Waals surface area contributed by atoms with Crippen LogP contribution in [0.3, 0.4) is 0 Å². The summed E-state index contributed by atoms with van der Waals surface area (Å²) in [5, 5.41) is 7.79. The minimum absolute atomic E-state index is 0.357. The largest absolute Gasteiger partial charge is 0.466 e. The van der Waals surface area contributed by atoms with Crippen molar-refractivity contribution in [3.63, 3.8) is 0 Å². The van der Waals surface area contributed by atoms with Crippen molar-refractivity contribution in [2.24, 2.45) is 0 Å². The van der Waals surface area contributed by atoms with Crippen LogP contribution in [0.1, 0.15) is 11.8 Å². The first-order chi connectivity index (χ1) is 10.5. The van der Waals surface area contributed by atoms with Crippen LogP contribution >= 0.6 is 22.9 Å². The number of carbonyl (C=O) groups is 2. The number of carbonyl (C=O) groups excluding carboxylic acids is 2. The molecule has 0 bridgehead atoms. The third-order valence-corrected chi connectivity index (χ3v) is 4.49. The average molecular weight is 337 g/mol. The molecule has 1 atom stereocenters. The fourth-order valence-corrected chi connectivity index (χ4v) is 2.91. The fourth-order valence-electron chi connectivity index (χ4n) is 2.10. The molecule has 0 saturated heterocycles. The zero-order chi connectivity index (χ0) is 15.7. The lowest BCUT2D eigenvalue weighted by Crippen LogP contribution is -2.58. The van der Waals surface area contributed by atoms with Gasteiger partial charge in [-0.3, -0.25) is 9.59 Å². The quantitative estimate of drug-likeness (QED) is 0.847. The highest BCUT2D eigenvalue weighted by Gasteiger charge is 2.47. The molecule has 2 heterocycles. The van der Waals surface area contributed by atoms with Crippen molar-refractivity contribution in [3.8, 4) is 5.75 Å². The SMILES string of the molecule is C[C@]1(C(=O)NCc2cccs2)Oc2ccc(Cl)cc2NC1=O. The van der Waals surface area contributed by atoms with Crippen LogP contribution in [0.4, 0.5) is 5.69 Å². The minimum atomic E-state index is -1.61. The maximum Gasteiger partial charge on any atom is 0.278 e. The molecule has 0 spiro atoms. The third kappa shape index (κ3) is 2.67. The zero-order valence-electron chi connectivity index (χ0n) is 11.7. The molecule has 22 heavy (non-hydrogen) atoms. The molecule has 0 aliphatic carbocycles. The fraction of sp³-hybridized carbons (Fsp3) is 0.200. The first-order valence-corrected chi connectivity index (χ1v) is 7.85. The summed E-state index contributed by atoms with van der Waals surface area (Å²) in [6.45, 7) is 1.81. The van der Waals surface area contributed by atoms with Gasteiger partial charge in [-0.1, -0.05) is 17.7 Å². The number of nitrogens with one attached hydrogen (secondary N) is 2. The van der Waals surface area contributed by atoms with E-state index in [1.54, 1.807) is 18.2 Å². The minimum Gasteiger partial charge on any atom is -0.466 e. The van der Waals surface area contributed by atoms with Gasteiger partial charge in [0.05, 0.1) is 12.2 Å². The first kappa shape index (κ1) is 14.9. The van der Waals surface area contributed by atoms with E-state index >= 15 is 0 Å². The van der Waals surface area contributed by atoms with Crippen LogP contribution in [0.5, 0.6) is 5.75 Å². The molecule has 1 aromatic heterocycles. The van der Waals surface area contributed by atoms with E-state index in [0.717, 1.165) is 4.88 Å². The van der Waals surface area contributed by atoms with Gasteiger partial charge in [-0.05, 0) is 36.6 Å². The van der Waals surface area contributed by atoms with E-state index in [1.165, 1.54) is 18.3 Å². The third-order valence-electron chi connectivity index (χ3n) is 3.37. The number of benzene rings is 1. The average Bonchev–Trinajstić information content (AvgIpc) is 2.99. The molecule has 0 saturated carbocycles. The van der Waals surface area contributed by atoms with E-state index in [-0.39, 0.29) is 0 Å². The van der Waals surface area contributed by atoms with Gasteiger partial charge in [0.2, 0.25) is 0 Å². The van der Waals surface area contributed by atoms with Crippen LogP contribution in [-0.2, 0) is 16.1 Å². The summed E-state index contributed by atoms with van der Waals surface area (Å²) in [5.74, 6) is -0.595. The molecular formula is C15H13ClN2O3S. The molecule has 1 aliphatic heterocycles. The van der Waals surface area contributed by atoms with E-state index < -0.39 is 17.4 Å². The van der Waals surface area contributed by atoms with E-state index in [1.807, 2.05) is 17.5 Å². The van der Waals surface area contributed by atoms with Crippen molar-refractivity contribution < 1.29 is 14.3 Å². The second-order valence-corrected chi connectivity index (χ2v) is 6.46. The molecule has 2 N–H and O–H groups in total. The molecule has 2 aromatic rings. The van der Waals surface area contributed by atoms with Crippen LogP contribution in [0, 0.1) is 0 Å². The summed E-state index contributed by atoms with van der Waals surface area (Å²) in [5.41, 5.74) is -1.15. The molecule has 7 heteroatoms. The van der Waals surface area contributed by atoms with Gasteiger partial charge in [-0.2, -0.15) is 0 Å². The summed E-state index contributed by atoms with van der Waals surface area (Å²) < 4.78 is 5.64. The smallest absolute Gasteiger partial charge is 0.278 e. The van der Waals surface area contributed by atoms with Gasteiger partial charge >= 0.3 is 0 Å². The molecule has 2 amide bonds. The molecule has 5 nitrogen and oxygen atoms in total. The monoisotopic (exact) mass is 336 g/mol. The predicted molar refractivity (Wildman–Crippen MR) is 85.3 cm³/mol. The highest BCUT2D eigenvalue weighted by Crippen LogP contribution is 2.35. The molecule has 114 valence electrons. The van der Waals surface area contributed by atoms with E-state index in [2.05, 4.69) is 10.6 Å². The van der Waals surface area contributed by atoms with Gasteiger partial charge in [0.15, 0.2) is 0 Å². The van der Waals surface area contributed by atoms with Crippen LogP contribution in [-0.4, -0.2) is 17.4 Å². The Morgan fingerprint density at radius 2 is 2.27 bits per heavy atom. The number of anilines is 1. The van der Waals surface area contributed by atoms with Gasteiger partial charge in [0.1, 0.15) is 5.75 Å². The number of rotatable bonds is 3. The van der Waals surface area contributed by atoms with Gasteiger partial charge in [0, 0.05) is 9.90 Å². The lowest BCUT2D eigenvalue weighted by Gasteiger charge is -2.33. The molecule has 1 aliphatic rings. The Morgan fingerprint density at radius 1 is 1.45 bits per heavy atom. The molecule has 0 radical (unpaired) electrons. The van der Waals surface area contributed by atoms with Gasteiger partial charge in [-0.15, -0.1) is 11.3 Å². The summed E-state index contributed by atoms with van der Waals surface area (Å²) in [7, 11) is 0. The molecule has 3 rings (SSSR count). The van der Waals surface area contributed by atoms with E-state index in [0.29, 0.717) is 23.0 Å². The second kappa shape index (κ2) is 5.62. The number of hydrogen-bond acceptors (Lipinski definition) is 4. The number of ether oxygens (including phenoxy) is 1. The first-order valence-electron chi connectivity index (χ1n) is 6.60. The summed E-state index contributed by atoms with van der Waals surface area (Å²) in [4.78, 5) is 25.6. The Morgan fingerprint density at radius 3 is 3.00 bits per heavy atom. The van der Waals surface area contributed by atoms with Crippen molar-refractivity contribution in [1.82, 2.24) is 5.32 Å². The van der Waals surface area contributed by atoms with Gasteiger partial charge in [0.25, 0.3) is 17.4 Å². The maximum atomic E-state index is 12.4. The zero-order valence-corrected chi connectivity index (χ0v) is 13.3. The second-order valence-electron chi connectivity index (χ2n) is 4.99. The Balaban J connectivity index is 1.78. The van der Waals surface area contributed by atoms with Crippen molar-refractivity contribution in [3.05, 3.63) is 45.6 Å². The number of hydrogen-bond donors (Lipinski definition) is 2. The summed E-state index contributed by atoms with van der Waals surface area (Å²) in [6.07, 6.45) is 0. The van der Waals surface area contributed by atoms with Crippen LogP contribution in [0.25, 0.3) is 0 Å². The Kier molecular flexibility index (Phi) is 3.80. The Hall–Kier alpha value is -2.05. The summed E-state index contributed by atoms with van der Waals surface area (Å²) >= 11 is 7.41. The van der Waals surface area contributed by atoms with Crippen LogP contribution < -0.4 is 15.4 Å². The highest BCUT2D eigenvalue weighted by molar-refractivity contribution is 7.09. The van der Waals surface area contributed by atoms with E-state index in [9.17, 15) is 9.59 Å². The van der Waals surface area contributed by atoms with Gasteiger partial charge < -0.3 is 15.4 Å². The van der Waals surface area contributed by atoms with Crippen LogP contribution in [0.2, 0.25) is 5.02 Å². The van der Waals surface area contributed by atoms with Gasteiger partial charge in [-0.25, -0.2) is 0 Å². The lowest BCUT2D eigenvalue weighted by atomic mass is 10.0. The number of halogens is 1. The summed E-state index contributed by atoms with van der Waals surface area (Å²) in [6, 6.07) is 8.66. The highest BCUT2D eigenvalue weighted by atomic mass is 35.5. The van der Waals surface area contributed by atoms with Crippen LogP contribution in [0.15, 0.2) is 35.7 Å². The molecule has 0 unspecified atom stereocenters. The number of amides is 2. The number of fused-ring (bicyclic) bond motifs is 1. The molecule has 0 fully saturated rings. The van der Waals surface area contributed by atoms with Crippen molar-refractivity contribution in [2.45, 2.75) is 19.1 Å². The predicted octanol–water partition coefficient (Wildman–Crippen LogP) is 2.81. The van der Waals surface area contributed by atoms with Crippen molar-refractivity contribution in [1.29, 1.82) is 0 Å². The van der Waals surface area contributed by atoms with Crippen molar-refractivity contribution >= 4 is 40.4 Å². The van der Waals surface area contributed by atoms with E-state index in [4.69, 9.17) is 16.3 Å². The standard InChI is InChI=1S/C15H13ClN2O3S/c1-15(13(19)17-8-10-3-2-6-22-10)14(20)18-11-7-9(16)4-5-12(11)21-15/h2-7H,8H2,1H3,(H,17,19)(H,18,20)/t15-/m1/s1. The topological polar surface area (TPSA) is 67.4 Å². The molecular weight excluding hydrogens is 324 g/mol. The molecule has 1 aromatic carbocycles. The maximum absolute atomic E-state index is 12.4. The Labute approximate surface area is 136 Å². The van der Waals surface area contributed by atoms with Crippen molar-refractivity contribution in [2.75, 3.05) is 5.32 Å².